The van der Waals surface area contributed by atoms with Crippen molar-refractivity contribution in [1.29, 1.82) is 0 Å². The Morgan fingerprint density at radius 2 is 2.29 bits per heavy atom. The normalized spacial score (nSPS) is 10.5. The van der Waals surface area contributed by atoms with Gasteiger partial charge in [0.2, 0.25) is 0 Å². The molecule has 2 rings (SSSR count). The summed E-state index contributed by atoms with van der Waals surface area (Å²) in [5.41, 5.74) is 0.916. The van der Waals surface area contributed by atoms with E-state index in [9.17, 15) is 4.79 Å². The lowest BCUT2D eigenvalue weighted by Gasteiger charge is -2.05. The van der Waals surface area contributed by atoms with E-state index in [1.165, 1.54) is 0 Å². The number of anilines is 1. The smallest absolute Gasteiger partial charge is 0.293 e. The molecule has 0 fully saturated rings. The molecule has 0 saturated heterocycles. The molecule has 0 unspecified atom stereocenters. The number of nitrogens with zero attached hydrogens (tertiary/aromatic N) is 4. The van der Waals surface area contributed by atoms with E-state index in [1.54, 1.807) is 27.8 Å². The van der Waals surface area contributed by atoms with Crippen LogP contribution in [-0.2, 0) is 20.1 Å². The van der Waals surface area contributed by atoms with Gasteiger partial charge in [-0.25, -0.2) is 4.98 Å². The quantitative estimate of drug-likeness (QED) is 0.840. The van der Waals surface area contributed by atoms with Crippen LogP contribution in [-0.4, -0.2) is 19.3 Å². The first-order valence-electron chi connectivity index (χ1n) is 5.47. The molecule has 2 aromatic rings. The molecule has 0 spiro atoms. The predicted molar refractivity (Wildman–Crippen MR) is 64.7 cm³/mol. The summed E-state index contributed by atoms with van der Waals surface area (Å²) in [6.07, 6.45) is 6.96. The van der Waals surface area contributed by atoms with Crippen LogP contribution in [0.15, 0.2) is 29.6 Å². The third-order valence-electron chi connectivity index (χ3n) is 2.47. The molecule has 0 atom stereocenters. The Hall–Kier alpha value is -2.11. The molecule has 1 N–H and O–H groups in total. The van der Waals surface area contributed by atoms with Gasteiger partial charge in [-0.3, -0.25) is 9.48 Å². The van der Waals surface area contributed by atoms with Gasteiger partial charge in [0, 0.05) is 44.3 Å². The zero-order chi connectivity index (χ0) is 12.3. The number of hydrogen-bond donors (Lipinski definition) is 1. The average Bonchev–Trinajstić information content (AvgIpc) is 2.74. The molecule has 2 aromatic heterocycles. The lowest BCUT2D eigenvalue weighted by atomic mass is 10.3. The Kier molecular flexibility index (Phi) is 3.22. The van der Waals surface area contributed by atoms with Gasteiger partial charge in [0.15, 0.2) is 5.82 Å². The SMILES string of the molecule is CCn1ccnc(NCc2cnn(C)c2)c1=O. The van der Waals surface area contributed by atoms with Crippen LogP contribution in [0.4, 0.5) is 5.82 Å². The van der Waals surface area contributed by atoms with Crippen LogP contribution in [0, 0.1) is 0 Å². The molecule has 6 heteroatoms. The topological polar surface area (TPSA) is 64.7 Å². The second-order valence-corrected chi connectivity index (χ2v) is 3.74. The van der Waals surface area contributed by atoms with Crippen LogP contribution in [0.1, 0.15) is 12.5 Å². The van der Waals surface area contributed by atoms with Gasteiger partial charge in [0.05, 0.1) is 6.20 Å². The first-order valence-corrected chi connectivity index (χ1v) is 5.47. The van der Waals surface area contributed by atoms with Crippen molar-refractivity contribution in [2.45, 2.75) is 20.0 Å². The zero-order valence-corrected chi connectivity index (χ0v) is 9.92. The molecule has 0 aliphatic heterocycles. The van der Waals surface area contributed by atoms with E-state index in [2.05, 4.69) is 15.4 Å². The van der Waals surface area contributed by atoms with E-state index in [0.29, 0.717) is 18.9 Å². The van der Waals surface area contributed by atoms with Crippen molar-refractivity contribution < 1.29 is 0 Å². The van der Waals surface area contributed by atoms with Gasteiger partial charge >= 0.3 is 0 Å². The number of aromatic nitrogens is 4. The maximum atomic E-state index is 11.8. The van der Waals surface area contributed by atoms with Crippen LogP contribution in [0.2, 0.25) is 0 Å². The first kappa shape index (κ1) is 11.4. The molecule has 0 amide bonds. The molecular formula is C11H15N5O. The van der Waals surface area contributed by atoms with E-state index in [1.807, 2.05) is 20.2 Å². The van der Waals surface area contributed by atoms with Gasteiger partial charge < -0.3 is 9.88 Å². The summed E-state index contributed by atoms with van der Waals surface area (Å²) in [5.74, 6) is 0.373. The largest absolute Gasteiger partial charge is 0.361 e. The number of rotatable bonds is 4. The highest BCUT2D eigenvalue weighted by atomic mass is 16.1. The van der Waals surface area contributed by atoms with Crippen molar-refractivity contribution in [3.63, 3.8) is 0 Å². The fourth-order valence-corrected chi connectivity index (χ4v) is 1.57. The molecule has 90 valence electrons. The van der Waals surface area contributed by atoms with Crippen LogP contribution in [0.3, 0.4) is 0 Å². The lowest BCUT2D eigenvalue weighted by Crippen LogP contribution is -2.23. The predicted octanol–water partition coefficient (Wildman–Crippen LogP) is 0.609. The van der Waals surface area contributed by atoms with Gasteiger partial charge in [0.25, 0.3) is 5.56 Å². The fourth-order valence-electron chi connectivity index (χ4n) is 1.57. The second-order valence-electron chi connectivity index (χ2n) is 3.74. The molecule has 0 aliphatic carbocycles. The van der Waals surface area contributed by atoms with Gasteiger partial charge in [-0.15, -0.1) is 0 Å². The van der Waals surface area contributed by atoms with Crippen LogP contribution in [0.5, 0.6) is 0 Å². The maximum absolute atomic E-state index is 11.8. The summed E-state index contributed by atoms with van der Waals surface area (Å²) in [7, 11) is 1.86. The molecule has 0 radical (unpaired) electrons. The van der Waals surface area contributed by atoms with E-state index in [-0.39, 0.29) is 5.56 Å². The Morgan fingerprint density at radius 1 is 1.47 bits per heavy atom. The van der Waals surface area contributed by atoms with Gasteiger partial charge in [-0.2, -0.15) is 5.10 Å². The van der Waals surface area contributed by atoms with Crippen LogP contribution in [0.25, 0.3) is 0 Å². The van der Waals surface area contributed by atoms with Crippen molar-refractivity contribution in [2.24, 2.45) is 7.05 Å². The van der Waals surface area contributed by atoms with Crippen LogP contribution < -0.4 is 10.9 Å². The number of hydrogen-bond acceptors (Lipinski definition) is 4. The van der Waals surface area contributed by atoms with Crippen LogP contribution >= 0.6 is 0 Å². The summed E-state index contributed by atoms with van der Waals surface area (Å²) in [6, 6.07) is 0. The second kappa shape index (κ2) is 4.82. The molecule has 6 nitrogen and oxygen atoms in total. The van der Waals surface area contributed by atoms with E-state index < -0.39 is 0 Å². The fraction of sp³-hybridized carbons (Fsp3) is 0.364. The highest BCUT2D eigenvalue weighted by Crippen LogP contribution is 2.00. The summed E-state index contributed by atoms with van der Waals surface area (Å²) < 4.78 is 3.33. The summed E-state index contributed by atoms with van der Waals surface area (Å²) in [6.45, 7) is 3.11. The van der Waals surface area contributed by atoms with Crippen molar-refractivity contribution in [2.75, 3.05) is 5.32 Å². The highest BCUT2D eigenvalue weighted by molar-refractivity contribution is 5.31. The monoisotopic (exact) mass is 233 g/mol. The minimum Gasteiger partial charge on any atom is -0.361 e. The van der Waals surface area contributed by atoms with Crippen molar-refractivity contribution >= 4 is 5.82 Å². The molecule has 0 aromatic carbocycles. The van der Waals surface area contributed by atoms with Crippen molar-refractivity contribution in [3.05, 3.63) is 40.7 Å². The Morgan fingerprint density at radius 3 is 2.94 bits per heavy atom. The third-order valence-corrected chi connectivity index (χ3v) is 2.47. The molecule has 0 saturated carbocycles. The molecule has 0 aliphatic rings. The highest BCUT2D eigenvalue weighted by Gasteiger charge is 2.03. The van der Waals surface area contributed by atoms with Crippen molar-refractivity contribution in [1.82, 2.24) is 19.3 Å². The summed E-state index contributed by atoms with van der Waals surface area (Å²) >= 11 is 0. The van der Waals surface area contributed by atoms with E-state index in [0.717, 1.165) is 5.56 Å². The molecule has 0 bridgehead atoms. The molecule has 17 heavy (non-hydrogen) atoms. The average molecular weight is 233 g/mol. The standard InChI is InChI=1S/C11H15N5O/c1-3-16-5-4-12-10(11(16)17)13-6-9-7-14-15(2)8-9/h4-5,7-8H,3,6H2,1-2H3,(H,12,13). The van der Waals surface area contributed by atoms with Gasteiger partial charge in [0.1, 0.15) is 0 Å². The summed E-state index contributed by atoms with van der Waals surface area (Å²) in [5, 5.41) is 7.08. The van der Waals surface area contributed by atoms with E-state index in [4.69, 9.17) is 0 Å². The third kappa shape index (κ3) is 2.52. The Bertz CT molecular complexity index is 557. The van der Waals surface area contributed by atoms with E-state index >= 15 is 0 Å². The molecule has 2 heterocycles. The minimum absolute atomic E-state index is 0.0982. The Labute approximate surface area is 98.9 Å². The minimum atomic E-state index is -0.0982. The van der Waals surface area contributed by atoms with Gasteiger partial charge in [-0.1, -0.05) is 0 Å². The lowest BCUT2D eigenvalue weighted by molar-refractivity contribution is 0.718. The maximum Gasteiger partial charge on any atom is 0.293 e. The Balaban J connectivity index is 2.11. The van der Waals surface area contributed by atoms with Crippen molar-refractivity contribution in [3.8, 4) is 0 Å². The number of nitrogens with one attached hydrogen (secondary N) is 1. The summed E-state index contributed by atoms with van der Waals surface area (Å²) in [4.78, 5) is 15.9. The van der Waals surface area contributed by atoms with Gasteiger partial charge in [-0.05, 0) is 6.92 Å². The zero-order valence-electron chi connectivity index (χ0n) is 9.92. The first-order chi connectivity index (χ1) is 8.20. The number of aryl methyl sites for hydroxylation is 2. The molecular weight excluding hydrogens is 218 g/mol.